The molecule has 0 saturated carbocycles. The van der Waals surface area contributed by atoms with Gasteiger partial charge in [0.2, 0.25) is 6.33 Å². The first-order valence-corrected chi connectivity index (χ1v) is 3.92. The average Bonchev–Trinajstić information content (AvgIpc) is 2.32. The third-order valence-corrected chi connectivity index (χ3v) is 1.73. The van der Waals surface area contributed by atoms with Crippen molar-refractivity contribution in [2.45, 2.75) is 19.4 Å². The van der Waals surface area contributed by atoms with E-state index >= 15 is 0 Å². The fraction of sp³-hybridized carbons (Fsp3) is 0.571. The largest absolute Gasteiger partial charge is 0.384 e. The Kier molecular flexibility index (Phi) is 2.62. The molecule has 0 amide bonds. The lowest BCUT2D eigenvalue weighted by Crippen LogP contribution is -2.20. The molecule has 0 aliphatic rings. The van der Waals surface area contributed by atoms with Crippen LogP contribution in [0.2, 0.25) is 0 Å². The van der Waals surface area contributed by atoms with E-state index in [9.17, 15) is 10.1 Å². The number of aryl methyl sites for hydroxylation is 1. The number of nitro groups is 1. The van der Waals surface area contributed by atoms with Crippen molar-refractivity contribution in [1.82, 2.24) is 9.55 Å². The van der Waals surface area contributed by atoms with E-state index in [1.54, 1.807) is 18.5 Å². The highest BCUT2D eigenvalue weighted by molar-refractivity contribution is 5.27. The minimum Gasteiger partial charge on any atom is -0.358 e. The molecule has 2 N–H and O–H groups in total. The summed E-state index contributed by atoms with van der Waals surface area (Å²) >= 11 is 0. The molecule has 0 radical (unpaired) electrons. The SMILES string of the molecule is CC(N)Cc1c([N+](=O)[O-])ncn1C. The Morgan fingerprint density at radius 3 is 2.92 bits per heavy atom. The van der Waals surface area contributed by atoms with Gasteiger partial charge in [-0.05, 0) is 16.8 Å². The van der Waals surface area contributed by atoms with Crippen molar-refractivity contribution in [2.24, 2.45) is 12.8 Å². The predicted octanol–water partition coefficient (Wildman–Crippen LogP) is 0.218. The number of hydrogen-bond donors (Lipinski definition) is 1. The zero-order chi connectivity index (χ0) is 10.0. The molecule has 13 heavy (non-hydrogen) atoms. The van der Waals surface area contributed by atoms with Gasteiger partial charge in [0.25, 0.3) is 0 Å². The van der Waals surface area contributed by atoms with E-state index in [4.69, 9.17) is 5.73 Å². The summed E-state index contributed by atoms with van der Waals surface area (Å²) in [5.74, 6) is -0.0974. The second kappa shape index (κ2) is 3.53. The van der Waals surface area contributed by atoms with Crippen LogP contribution in [-0.4, -0.2) is 20.5 Å². The minimum absolute atomic E-state index is 0.0974. The van der Waals surface area contributed by atoms with Crippen LogP contribution in [0, 0.1) is 10.1 Å². The van der Waals surface area contributed by atoms with E-state index in [1.165, 1.54) is 6.33 Å². The van der Waals surface area contributed by atoms with Crippen LogP contribution in [0.5, 0.6) is 0 Å². The predicted molar refractivity (Wildman–Crippen MR) is 47.2 cm³/mol. The highest BCUT2D eigenvalue weighted by Crippen LogP contribution is 2.16. The van der Waals surface area contributed by atoms with Gasteiger partial charge in [0.05, 0.1) is 0 Å². The molecule has 0 aromatic carbocycles. The standard InChI is InChI=1S/C7H12N4O2/c1-5(8)3-6-7(11(12)13)9-4-10(6)2/h4-5H,3,8H2,1-2H3. The van der Waals surface area contributed by atoms with E-state index < -0.39 is 4.92 Å². The molecule has 6 nitrogen and oxygen atoms in total. The molecule has 0 spiro atoms. The van der Waals surface area contributed by atoms with Crippen LogP contribution in [0.1, 0.15) is 12.6 Å². The summed E-state index contributed by atoms with van der Waals surface area (Å²) in [7, 11) is 1.72. The third-order valence-electron chi connectivity index (χ3n) is 1.73. The molecule has 0 aliphatic carbocycles. The summed E-state index contributed by atoms with van der Waals surface area (Å²) in [5, 5.41) is 10.5. The summed E-state index contributed by atoms with van der Waals surface area (Å²) < 4.78 is 1.63. The molecular weight excluding hydrogens is 172 g/mol. The number of hydrogen-bond acceptors (Lipinski definition) is 4. The molecule has 0 fully saturated rings. The maximum Gasteiger partial charge on any atom is 0.384 e. The van der Waals surface area contributed by atoms with Gasteiger partial charge in [0, 0.05) is 19.5 Å². The van der Waals surface area contributed by atoms with E-state index in [1.807, 2.05) is 0 Å². The van der Waals surface area contributed by atoms with Gasteiger partial charge in [-0.1, -0.05) is 0 Å². The zero-order valence-corrected chi connectivity index (χ0v) is 7.60. The molecule has 6 heteroatoms. The fourth-order valence-electron chi connectivity index (χ4n) is 1.14. The summed E-state index contributed by atoms with van der Waals surface area (Å²) in [4.78, 5) is 13.7. The first kappa shape index (κ1) is 9.66. The van der Waals surface area contributed by atoms with E-state index in [2.05, 4.69) is 4.98 Å². The van der Waals surface area contributed by atoms with Gasteiger partial charge in [0.1, 0.15) is 5.69 Å². The van der Waals surface area contributed by atoms with Crippen molar-refractivity contribution in [3.63, 3.8) is 0 Å². The Morgan fingerprint density at radius 1 is 1.85 bits per heavy atom. The minimum atomic E-state index is -0.488. The van der Waals surface area contributed by atoms with Gasteiger partial charge in [0.15, 0.2) is 0 Å². The van der Waals surface area contributed by atoms with Crippen LogP contribution >= 0.6 is 0 Å². The molecule has 1 aromatic heterocycles. The highest BCUT2D eigenvalue weighted by atomic mass is 16.6. The molecule has 0 aliphatic heterocycles. The van der Waals surface area contributed by atoms with Crippen LogP contribution in [0.15, 0.2) is 6.33 Å². The molecule has 0 bridgehead atoms. The van der Waals surface area contributed by atoms with Gasteiger partial charge >= 0.3 is 5.82 Å². The summed E-state index contributed by atoms with van der Waals surface area (Å²) in [6, 6.07) is -0.103. The van der Waals surface area contributed by atoms with Gasteiger partial charge in [-0.2, -0.15) is 0 Å². The van der Waals surface area contributed by atoms with E-state index in [0.29, 0.717) is 12.1 Å². The third kappa shape index (κ3) is 2.03. The van der Waals surface area contributed by atoms with Crippen LogP contribution < -0.4 is 5.73 Å². The number of imidazole rings is 1. The van der Waals surface area contributed by atoms with Gasteiger partial charge in [-0.25, -0.2) is 0 Å². The second-order valence-electron chi connectivity index (χ2n) is 3.06. The monoisotopic (exact) mass is 184 g/mol. The quantitative estimate of drug-likeness (QED) is 0.537. The van der Waals surface area contributed by atoms with Crippen molar-refractivity contribution in [1.29, 1.82) is 0 Å². The molecule has 1 unspecified atom stereocenters. The summed E-state index contributed by atoms with van der Waals surface area (Å²) in [5.41, 5.74) is 6.13. The number of nitrogens with two attached hydrogens (primary N) is 1. The number of rotatable bonds is 3. The molecule has 72 valence electrons. The Labute approximate surface area is 75.5 Å². The van der Waals surface area contributed by atoms with Crippen molar-refractivity contribution in [3.8, 4) is 0 Å². The molecular formula is C7H12N4O2. The molecule has 1 atom stereocenters. The van der Waals surface area contributed by atoms with Crippen LogP contribution in [-0.2, 0) is 13.5 Å². The second-order valence-corrected chi connectivity index (χ2v) is 3.06. The molecule has 1 heterocycles. The van der Waals surface area contributed by atoms with Crippen LogP contribution in [0.25, 0.3) is 0 Å². The smallest absolute Gasteiger partial charge is 0.358 e. The first-order valence-electron chi connectivity index (χ1n) is 3.92. The molecule has 1 rings (SSSR count). The van der Waals surface area contributed by atoms with Gasteiger partial charge in [-0.15, -0.1) is 0 Å². The van der Waals surface area contributed by atoms with Crippen molar-refractivity contribution in [2.75, 3.05) is 0 Å². The van der Waals surface area contributed by atoms with Crippen molar-refractivity contribution < 1.29 is 4.92 Å². The fourth-order valence-corrected chi connectivity index (χ4v) is 1.14. The van der Waals surface area contributed by atoms with Crippen molar-refractivity contribution in [3.05, 3.63) is 22.1 Å². The lowest BCUT2D eigenvalue weighted by atomic mass is 10.2. The Bertz CT molecular complexity index is 318. The highest BCUT2D eigenvalue weighted by Gasteiger charge is 2.20. The Balaban J connectivity index is 3.01. The first-order chi connectivity index (χ1) is 6.02. The molecule has 0 saturated heterocycles. The van der Waals surface area contributed by atoms with Crippen molar-refractivity contribution >= 4 is 5.82 Å². The summed E-state index contributed by atoms with van der Waals surface area (Å²) in [6.07, 6.45) is 1.89. The van der Waals surface area contributed by atoms with Crippen LogP contribution in [0.4, 0.5) is 5.82 Å². The zero-order valence-electron chi connectivity index (χ0n) is 7.60. The lowest BCUT2D eigenvalue weighted by molar-refractivity contribution is -0.390. The Hall–Kier alpha value is -1.43. The van der Waals surface area contributed by atoms with E-state index in [0.717, 1.165) is 0 Å². The molecule has 1 aromatic rings. The summed E-state index contributed by atoms with van der Waals surface area (Å²) in [6.45, 7) is 1.80. The lowest BCUT2D eigenvalue weighted by Gasteiger charge is -2.04. The van der Waals surface area contributed by atoms with Gasteiger partial charge in [-0.3, -0.25) is 0 Å². The van der Waals surface area contributed by atoms with Crippen LogP contribution in [0.3, 0.4) is 0 Å². The number of nitrogens with zero attached hydrogens (tertiary/aromatic N) is 3. The maximum absolute atomic E-state index is 10.5. The average molecular weight is 184 g/mol. The van der Waals surface area contributed by atoms with E-state index in [-0.39, 0.29) is 11.9 Å². The number of aromatic nitrogens is 2. The maximum atomic E-state index is 10.5. The normalized spacial score (nSPS) is 12.8. The topological polar surface area (TPSA) is 87.0 Å². The van der Waals surface area contributed by atoms with Gasteiger partial charge < -0.3 is 20.4 Å². The Morgan fingerprint density at radius 2 is 2.46 bits per heavy atom.